The van der Waals surface area contributed by atoms with E-state index in [2.05, 4.69) is 6.07 Å². The van der Waals surface area contributed by atoms with Crippen LogP contribution in [0.25, 0.3) is 0 Å². The Morgan fingerprint density at radius 1 is 1.15 bits per heavy atom. The third-order valence-corrected chi connectivity index (χ3v) is 4.44. The Kier molecular flexibility index (Phi) is 5.64. The molecule has 0 saturated carbocycles. The lowest BCUT2D eigenvalue weighted by Crippen LogP contribution is -2.40. The van der Waals surface area contributed by atoms with Gasteiger partial charge in [-0.1, -0.05) is 35.9 Å². The lowest BCUT2D eigenvalue weighted by Gasteiger charge is -2.25. The van der Waals surface area contributed by atoms with Crippen LogP contribution in [0.5, 0.6) is 11.5 Å². The average molecular weight is 369 g/mol. The SMILES string of the molecule is Cc1ccc(CN(C)C(=O)COC(=O)[C@H]2COc3ccccc3O2)c(C)c1. The van der Waals surface area contributed by atoms with Gasteiger partial charge in [0.25, 0.3) is 5.91 Å². The number of esters is 1. The van der Waals surface area contributed by atoms with Gasteiger partial charge in [0.15, 0.2) is 18.1 Å². The molecule has 6 nitrogen and oxygen atoms in total. The van der Waals surface area contributed by atoms with Crippen LogP contribution in [0, 0.1) is 13.8 Å². The van der Waals surface area contributed by atoms with Crippen molar-refractivity contribution in [1.82, 2.24) is 4.90 Å². The Balaban J connectivity index is 1.50. The molecule has 0 bridgehead atoms. The van der Waals surface area contributed by atoms with Crippen molar-refractivity contribution in [3.05, 3.63) is 59.2 Å². The van der Waals surface area contributed by atoms with Crippen molar-refractivity contribution in [3.63, 3.8) is 0 Å². The van der Waals surface area contributed by atoms with E-state index in [-0.39, 0.29) is 19.1 Å². The Morgan fingerprint density at radius 2 is 1.89 bits per heavy atom. The molecule has 2 aromatic carbocycles. The standard InChI is InChI=1S/C21H23NO5/c1-14-8-9-16(15(2)10-14)11-22(3)20(23)13-26-21(24)19-12-25-17-6-4-5-7-18(17)27-19/h4-10,19H,11-13H2,1-3H3/t19-/m1/s1. The predicted octanol–water partition coefficient (Wildman–Crippen LogP) is 2.65. The molecule has 27 heavy (non-hydrogen) atoms. The smallest absolute Gasteiger partial charge is 0.351 e. The third-order valence-electron chi connectivity index (χ3n) is 4.44. The summed E-state index contributed by atoms with van der Waals surface area (Å²) >= 11 is 0. The molecule has 0 spiro atoms. The summed E-state index contributed by atoms with van der Waals surface area (Å²) in [6.45, 7) is 4.22. The maximum Gasteiger partial charge on any atom is 0.351 e. The molecule has 3 rings (SSSR count). The number of carbonyl (C=O) groups is 2. The molecule has 142 valence electrons. The van der Waals surface area contributed by atoms with Crippen LogP contribution in [0.15, 0.2) is 42.5 Å². The second-order valence-electron chi connectivity index (χ2n) is 6.65. The molecule has 1 aliphatic rings. The second kappa shape index (κ2) is 8.12. The van der Waals surface area contributed by atoms with Crippen molar-refractivity contribution in [2.45, 2.75) is 26.5 Å². The minimum atomic E-state index is -0.877. The number of rotatable bonds is 5. The zero-order valence-corrected chi connectivity index (χ0v) is 15.7. The molecule has 0 saturated heterocycles. The highest BCUT2D eigenvalue weighted by Gasteiger charge is 2.29. The van der Waals surface area contributed by atoms with E-state index in [0.29, 0.717) is 18.0 Å². The summed E-state index contributed by atoms with van der Waals surface area (Å²) in [6, 6.07) is 13.2. The van der Waals surface area contributed by atoms with E-state index in [4.69, 9.17) is 14.2 Å². The number of likely N-dealkylation sites (N-methyl/N-ethyl adjacent to an activating group) is 1. The summed E-state index contributed by atoms with van der Waals surface area (Å²) < 4.78 is 16.2. The zero-order chi connectivity index (χ0) is 19.4. The van der Waals surface area contributed by atoms with Gasteiger partial charge in [0.05, 0.1) is 0 Å². The first-order valence-corrected chi connectivity index (χ1v) is 8.79. The molecule has 0 fully saturated rings. The maximum absolute atomic E-state index is 12.3. The summed E-state index contributed by atoms with van der Waals surface area (Å²) in [4.78, 5) is 26.0. The van der Waals surface area contributed by atoms with E-state index in [1.54, 1.807) is 30.1 Å². The normalized spacial score (nSPS) is 15.1. The number of nitrogens with zero attached hydrogens (tertiary/aromatic N) is 1. The number of para-hydroxylation sites is 2. The van der Waals surface area contributed by atoms with Gasteiger partial charge in [0, 0.05) is 13.6 Å². The topological polar surface area (TPSA) is 65.1 Å². The summed E-state index contributed by atoms with van der Waals surface area (Å²) in [6.07, 6.45) is -0.877. The third kappa shape index (κ3) is 4.58. The Labute approximate surface area is 158 Å². The van der Waals surface area contributed by atoms with Crippen LogP contribution in [-0.2, 0) is 20.9 Å². The molecule has 1 atom stereocenters. The summed E-state index contributed by atoms with van der Waals surface area (Å²) in [5, 5.41) is 0. The van der Waals surface area contributed by atoms with Gasteiger partial charge in [-0.25, -0.2) is 4.79 Å². The van der Waals surface area contributed by atoms with Gasteiger partial charge in [-0.3, -0.25) is 4.79 Å². The summed E-state index contributed by atoms with van der Waals surface area (Å²) in [7, 11) is 1.69. The fourth-order valence-electron chi connectivity index (χ4n) is 2.84. The number of benzene rings is 2. The monoisotopic (exact) mass is 369 g/mol. The number of ether oxygens (including phenoxy) is 3. The molecule has 2 aromatic rings. The molecular weight excluding hydrogens is 346 g/mol. The maximum atomic E-state index is 12.3. The van der Waals surface area contributed by atoms with Gasteiger partial charge in [-0.2, -0.15) is 0 Å². The van der Waals surface area contributed by atoms with Crippen LogP contribution < -0.4 is 9.47 Å². The molecular formula is C21H23NO5. The lowest BCUT2D eigenvalue weighted by atomic mass is 10.1. The first-order valence-electron chi connectivity index (χ1n) is 8.79. The Morgan fingerprint density at radius 3 is 2.63 bits per heavy atom. The Hall–Kier alpha value is -3.02. The van der Waals surface area contributed by atoms with Crippen LogP contribution in [0.1, 0.15) is 16.7 Å². The van der Waals surface area contributed by atoms with Crippen LogP contribution in [-0.4, -0.2) is 43.1 Å². The molecule has 1 heterocycles. The fraction of sp³-hybridized carbons (Fsp3) is 0.333. The van der Waals surface area contributed by atoms with E-state index in [9.17, 15) is 9.59 Å². The van der Waals surface area contributed by atoms with Crippen molar-refractivity contribution in [3.8, 4) is 11.5 Å². The highest BCUT2D eigenvalue weighted by Crippen LogP contribution is 2.31. The van der Waals surface area contributed by atoms with E-state index in [1.807, 2.05) is 32.0 Å². The van der Waals surface area contributed by atoms with Gasteiger partial charge in [-0.15, -0.1) is 0 Å². The summed E-state index contributed by atoms with van der Waals surface area (Å²) in [5.74, 6) is 0.188. The Bertz CT molecular complexity index is 848. The largest absolute Gasteiger partial charge is 0.485 e. The number of carbonyl (C=O) groups excluding carboxylic acids is 2. The fourth-order valence-corrected chi connectivity index (χ4v) is 2.84. The number of hydrogen-bond acceptors (Lipinski definition) is 5. The van der Waals surface area contributed by atoms with Crippen molar-refractivity contribution in [2.24, 2.45) is 0 Å². The second-order valence-corrected chi connectivity index (χ2v) is 6.65. The van der Waals surface area contributed by atoms with E-state index >= 15 is 0 Å². The summed E-state index contributed by atoms with van der Waals surface area (Å²) in [5.41, 5.74) is 3.36. The van der Waals surface area contributed by atoms with Crippen LogP contribution >= 0.6 is 0 Å². The van der Waals surface area contributed by atoms with Crippen molar-refractivity contribution in [2.75, 3.05) is 20.3 Å². The van der Waals surface area contributed by atoms with E-state index in [0.717, 1.165) is 11.1 Å². The molecule has 1 aliphatic heterocycles. The molecule has 0 unspecified atom stereocenters. The highest BCUT2D eigenvalue weighted by molar-refractivity contribution is 5.82. The van der Waals surface area contributed by atoms with E-state index < -0.39 is 12.1 Å². The quantitative estimate of drug-likeness (QED) is 0.758. The van der Waals surface area contributed by atoms with Gasteiger partial charge in [0.1, 0.15) is 6.61 Å². The van der Waals surface area contributed by atoms with Crippen molar-refractivity contribution in [1.29, 1.82) is 0 Å². The highest BCUT2D eigenvalue weighted by atomic mass is 16.6. The van der Waals surface area contributed by atoms with Crippen LogP contribution in [0.2, 0.25) is 0 Å². The molecule has 0 N–H and O–H groups in total. The first kappa shape index (κ1) is 18.8. The van der Waals surface area contributed by atoms with Gasteiger partial charge >= 0.3 is 5.97 Å². The first-order chi connectivity index (χ1) is 12.9. The molecule has 1 amide bonds. The van der Waals surface area contributed by atoms with Gasteiger partial charge in [-0.05, 0) is 37.1 Å². The molecule has 6 heteroatoms. The number of fused-ring (bicyclic) bond motifs is 1. The van der Waals surface area contributed by atoms with Crippen molar-refractivity contribution < 1.29 is 23.8 Å². The minimum absolute atomic E-state index is 0.0580. The van der Waals surface area contributed by atoms with Crippen LogP contribution in [0.4, 0.5) is 0 Å². The number of hydrogen-bond donors (Lipinski definition) is 0. The predicted molar refractivity (Wildman–Crippen MR) is 99.7 cm³/mol. The molecule has 0 aromatic heterocycles. The van der Waals surface area contributed by atoms with E-state index in [1.165, 1.54) is 5.56 Å². The lowest BCUT2D eigenvalue weighted by molar-refractivity contribution is -0.159. The molecule has 0 radical (unpaired) electrons. The minimum Gasteiger partial charge on any atom is -0.485 e. The number of aryl methyl sites for hydroxylation is 2. The van der Waals surface area contributed by atoms with Crippen LogP contribution in [0.3, 0.4) is 0 Å². The zero-order valence-electron chi connectivity index (χ0n) is 15.7. The number of amides is 1. The average Bonchev–Trinajstić information content (AvgIpc) is 2.67. The van der Waals surface area contributed by atoms with Gasteiger partial charge in [0.2, 0.25) is 6.10 Å². The van der Waals surface area contributed by atoms with Crippen molar-refractivity contribution >= 4 is 11.9 Å². The molecule has 0 aliphatic carbocycles. The van der Waals surface area contributed by atoms with Gasteiger partial charge < -0.3 is 19.1 Å².